The van der Waals surface area contributed by atoms with Gasteiger partial charge in [-0.15, -0.1) is 0 Å². The smallest absolute Gasteiger partial charge is 0.157 e. The highest BCUT2D eigenvalue weighted by atomic mass is 79.9. The second-order valence-corrected chi connectivity index (χ2v) is 3.36. The molecule has 0 saturated heterocycles. The minimum Gasteiger partial charge on any atom is -0.287 e. The maximum Gasteiger partial charge on any atom is 0.157 e. The lowest BCUT2D eigenvalue weighted by Crippen LogP contribution is -1.99. The van der Waals surface area contributed by atoms with E-state index in [0.717, 1.165) is 16.2 Å². The number of halogens is 1. The molecule has 0 aliphatic rings. The molecule has 4 nitrogen and oxygen atoms in total. The van der Waals surface area contributed by atoms with Gasteiger partial charge in [0.15, 0.2) is 5.82 Å². The minimum absolute atomic E-state index is 0.720. The molecule has 13 heavy (non-hydrogen) atoms. The molecule has 0 N–H and O–H groups in total. The number of rotatable bonds is 1. The van der Waals surface area contributed by atoms with Crippen LogP contribution in [-0.4, -0.2) is 19.5 Å². The van der Waals surface area contributed by atoms with Gasteiger partial charge < -0.3 is 0 Å². The Balaban J connectivity index is 2.53. The molecule has 0 atom stereocenters. The van der Waals surface area contributed by atoms with E-state index in [2.05, 4.69) is 30.9 Å². The third-order valence-corrected chi connectivity index (χ3v) is 2.05. The van der Waals surface area contributed by atoms with Crippen molar-refractivity contribution < 1.29 is 0 Å². The lowest BCUT2D eigenvalue weighted by atomic mass is 10.6. The first-order valence-corrected chi connectivity index (χ1v) is 4.54. The molecule has 0 radical (unpaired) electrons. The predicted molar refractivity (Wildman–Crippen MR) is 51.6 cm³/mol. The van der Waals surface area contributed by atoms with E-state index >= 15 is 0 Å². The van der Waals surface area contributed by atoms with E-state index in [9.17, 15) is 0 Å². The first kappa shape index (κ1) is 8.37. The van der Waals surface area contributed by atoms with Gasteiger partial charge in [0, 0.05) is 12.4 Å². The van der Waals surface area contributed by atoms with Crippen LogP contribution >= 0.6 is 15.9 Å². The number of hydrogen-bond donors (Lipinski definition) is 0. The Hall–Kier alpha value is -1.23. The monoisotopic (exact) mass is 238 g/mol. The predicted octanol–water partition coefficient (Wildman–Crippen LogP) is 1.73. The first-order valence-electron chi connectivity index (χ1n) is 3.75. The second-order valence-electron chi connectivity index (χ2n) is 2.54. The molecule has 0 amide bonds. The number of hydrogen-bond acceptors (Lipinski definition) is 3. The van der Waals surface area contributed by atoms with Gasteiger partial charge in [-0.2, -0.15) is 0 Å². The molecule has 0 saturated carbocycles. The Labute approximate surface area is 83.8 Å². The fourth-order valence-electron chi connectivity index (χ4n) is 1.07. The van der Waals surface area contributed by atoms with E-state index in [0.29, 0.717) is 0 Å². The Bertz CT molecular complexity index is 424. The van der Waals surface area contributed by atoms with Crippen molar-refractivity contribution in [3.05, 3.63) is 35.2 Å². The number of imidazole rings is 1. The Morgan fingerprint density at radius 1 is 1.38 bits per heavy atom. The van der Waals surface area contributed by atoms with E-state index < -0.39 is 0 Å². The van der Waals surface area contributed by atoms with Crippen LogP contribution in [0.4, 0.5) is 0 Å². The lowest BCUT2D eigenvalue weighted by Gasteiger charge is -2.02. The van der Waals surface area contributed by atoms with Crippen LogP contribution in [0.5, 0.6) is 0 Å². The summed E-state index contributed by atoms with van der Waals surface area (Å²) in [6.07, 6.45) is 6.93. The highest BCUT2D eigenvalue weighted by Crippen LogP contribution is 2.09. The van der Waals surface area contributed by atoms with Gasteiger partial charge in [-0.3, -0.25) is 9.55 Å². The summed E-state index contributed by atoms with van der Waals surface area (Å²) in [5, 5.41) is 0. The van der Waals surface area contributed by atoms with Gasteiger partial charge in [0.1, 0.15) is 10.4 Å². The summed E-state index contributed by atoms with van der Waals surface area (Å²) in [7, 11) is 0. The van der Waals surface area contributed by atoms with Gasteiger partial charge in [-0.05, 0) is 22.9 Å². The van der Waals surface area contributed by atoms with E-state index in [4.69, 9.17) is 0 Å². The zero-order chi connectivity index (χ0) is 9.26. The van der Waals surface area contributed by atoms with Crippen molar-refractivity contribution >= 4 is 15.9 Å². The minimum atomic E-state index is 0.720. The Kier molecular flexibility index (Phi) is 2.10. The fourth-order valence-corrected chi connectivity index (χ4v) is 1.37. The Morgan fingerprint density at radius 3 is 2.85 bits per heavy atom. The van der Waals surface area contributed by atoms with Crippen molar-refractivity contribution in [2.24, 2.45) is 0 Å². The molecule has 0 bridgehead atoms. The van der Waals surface area contributed by atoms with Gasteiger partial charge in [-0.1, -0.05) is 0 Å². The quantitative estimate of drug-likeness (QED) is 0.761. The topological polar surface area (TPSA) is 43.6 Å². The Morgan fingerprint density at radius 2 is 2.23 bits per heavy atom. The van der Waals surface area contributed by atoms with E-state index in [1.54, 1.807) is 18.6 Å². The molecule has 0 spiro atoms. The average molecular weight is 239 g/mol. The zero-order valence-corrected chi connectivity index (χ0v) is 8.56. The van der Waals surface area contributed by atoms with Crippen LogP contribution in [0.15, 0.2) is 29.4 Å². The molecule has 5 heteroatoms. The third-order valence-electron chi connectivity index (χ3n) is 1.66. The summed E-state index contributed by atoms with van der Waals surface area (Å²) in [5.41, 5.74) is 0. The molecule has 0 aliphatic heterocycles. The summed E-state index contributed by atoms with van der Waals surface area (Å²) < 4.78 is 2.59. The van der Waals surface area contributed by atoms with Crippen molar-refractivity contribution in [2.75, 3.05) is 0 Å². The molecule has 0 unspecified atom stereocenters. The number of aromatic nitrogens is 4. The molecular formula is C8H7BrN4. The van der Waals surface area contributed by atoms with Gasteiger partial charge in [0.05, 0.1) is 12.4 Å². The van der Waals surface area contributed by atoms with Crippen LogP contribution < -0.4 is 0 Å². The van der Waals surface area contributed by atoms with Crippen molar-refractivity contribution in [1.29, 1.82) is 0 Å². The van der Waals surface area contributed by atoms with Crippen LogP contribution in [0.25, 0.3) is 5.82 Å². The molecule has 2 heterocycles. The van der Waals surface area contributed by atoms with Crippen LogP contribution in [0, 0.1) is 6.92 Å². The number of nitrogens with zero attached hydrogens (tertiary/aromatic N) is 4. The second kappa shape index (κ2) is 3.26. The molecule has 0 aliphatic carbocycles. The standard InChI is InChI=1S/C8H7BrN4/c1-6-11-2-3-13(6)8-5-10-4-7(9)12-8/h2-5H,1H3. The first-order chi connectivity index (χ1) is 6.27. The van der Waals surface area contributed by atoms with E-state index in [1.807, 2.05) is 17.7 Å². The van der Waals surface area contributed by atoms with Gasteiger partial charge in [0.25, 0.3) is 0 Å². The molecule has 0 fully saturated rings. The highest BCUT2D eigenvalue weighted by molar-refractivity contribution is 9.10. The summed E-state index contributed by atoms with van der Waals surface area (Å²) in [6, 6.07) is 0. The van der Waals surface area contributed by atoms with E-state index in [1.165, 1.54) is 0 Å². The molecule has 66 valence electrons. The van der Waals surface area contributed by atoms with E-state index in [-0.39, 0.29) is 0 Å². The largest absolute Gasteiger partial charge is 0.287 e. The summed E-state index contributed by atoms with van der Waals surface area (Å²) in [4.78, 5) is 12.4. The van der Waals surface area contributed by atoms with Gasteiger partial charge in [0.2, 0.25) is 0 Å². The van der Waals surface area contributed by atoms with Crippen molar-refractivity contribution in [3.8, 4) is 5.82 Å². The van der Waals surface area contributed by atoms with Crippen LogP contribution in [0.3, 0.4) is 0 Å². The van der Waals surface area contributed by atoms with Crippen LogP contribution in [-0.2, 0) is 0 Å². The van der Waals surface area contributed by atoms with Gasteiger partial charge >= 0.3 is 0 Å². The average Bonchev–Trinajstić information content (AvgIpc) is 2.51. The van der Waals surface area contributed by atoms with Crippen molar-refractivity contribution in [2.45, 2.75) is 6.92 Å². The maximum atomic E-state index is 4.25. The molecule has 2 aromatic rings. The summed E-state index contributed by atoms with van der Waals surface area (Å²) in [6.45, 7) is 1.92. The summed E-state index contributed by atoms with van der Waals surface area (Å²) >= 11 is 3.26. The summed E-state index contributed by atoms with van der Waals surface area (Å²) in [5.74, 6) is 1.66. The SMILES string of the molecule is Cc1nccn1-c1cncc(Br)n1. The molecular weight excluding hydrogens is 232 g/mol. The molecule has 2 aromatic heterocycles. The van der Waals surface area contributed by atoms with Crippen LogP contribution in [0.1, 0.15) is 5.82 Å². The lowest BCUT2D eigenvalue weighted by molar-refractivity contribution is 0.912. The molecule has 2 rings (SSSR count). The number of aryl methyl sites for hydroxylation is 1. The van der Waals surface area contributed by atoms with Crippen LogP contribution in [0.2, 0.25) is 0 Å². The maximum absolute atomic E-state index is 4.25. The molecule has 0 aromatic carbocycles. The third kappa shape index (κ3) is 1.60. The van der Waals surface area contributed by atoms with Gasteiger partial charge in [-0.25, -0.2) is 9.97 Å². The zero-order valence-electron chi connectivity index (χ0n) is 6.98. The van der Waals surface area contributed by atoms with Crippen molar-refractivity contribution in [1.82, 2.24) is 19.5 Å². The normalized spacial score (nSPS) is 10.3. The fraction of sp³-hybridized carbons (Fsp3) is 0.125. The van der Waals surface area contributed by atoms with Crippen molar-refractivity contribution in [3.63, 3.8) is 0 Å². The highest BCUT2D eigenvalue weighted by Gasteiger charge is 2.01.